The molecule has 0 saturated heterocycles. The van der Waals surface area contributed by atoms with Crippen LogP contribution in [0.1, 0.15) is 27.2 Å². The maximum absolute atomic E-state index is 11.5. The zero-order valence-corrected chi connectivity index (χ0v) is 10.3. The first kappa shape index (κ1) is 15.1. The van der Waals surface area contributed by atoms with E-state index in [4.69, 9.17) is 9.47 Å². The summed E-state index contributed by atoms with van der Waals surface area (Å²) in [5.41, 5.74) is 0. The van der Waals surface area contributed by atoms with Gasteiger partial charge in [-0.25, -0.2) is 0 Å². The van der Waals surface area contributed by atoms with E-state index in [2.05, 4.69) is 23.7 Å². The number of ether oxygens (including phenoxy) is 2. The van der Waals surface area contributed by atoms with Crippen LogP contribution in [0.3, 0.4) is 0 Å². The van der Waals surface area contributed by atoms with Crippen LogP contribution in [0.2, 0.25) is 0 Å². The highest BCUT2D eigenvalue weighted by atomic mass is 16.6. The lowest BCUT2D eigenvalue weighted by Gasteiger charge is -2.11. The smallest absolute Gasteiger partial charge is 0.321 e. The Morgan fingerprint density at radius 1 is 1.00 bits per heavy atom. The van der Waals surface area contributed by atoms with Gasteiger partial charge >= 0.3 is 11.9 Å². The van der Waals surface area contributed by atoms with Crippen LogP contribution in [0.5, 0.6) is 0 Å². The molecule has 0 unspecified atom stereocenters. The quantitative estimate of drug-likeness (QED) is 0.408. The standard InChI is InChI=1S/C13H16O4/c1-4-7-9-16-12(14)11(6-3)13(15)17-10-8-5-2/h11H,6,9-10H2,1-3H3. The van der Waals surface area contributed by atoms with Gasteiger partial charge in [-0.1, -0.05) is 18.8 Å². The van der Waals surface area contributed by atoms with Crippen LogP contribution in [0.15, 0.2) is 0 Å². The van der Waals surface area contributed by atoms with Gasteiger partial charge in [-0.05, 0) is 20.3 Å². The Labute approximate surface area is 102 Å². The number of hydrogen-bond donors (Lipinski definition) is 0. The molecule has 4 nitrogen and oxygen atoms in total. The number of rotatable bonds is 5. The summed E-state index contributed by atoms with van der Waals surface area (Å²) in [6.07, 6.45) is 0.330. The summed E-state index contributed by atoms with van der Waals surface area (Å²) in [5, 5.41) is 0. The predicted molar refractivity (Wildman–Crippen MR) is 62.6 cm³/mol. The first-order chi connectivity index (χ1) is 8.17. The number of carbonyl (C=O) groups is 2. The van der Waals surface area contributed by atoms with Crippen molar-refractivity contribution in [3.8, 4) is 23.7 Å². The zero-order chi connectivity index (χ0) is 13.1. The Kier molecular flexibility index (Phi) is 8.24. The van der Waals surface area contributed by atoms with Gasteiger partial charge in [0.2, 0.25) is 0 Å². The third-order valence-corrected chi connectivity index (χ3v) is 1.90. The van der Waals surface area contributed by atoms with Crippen LogP contribution >= 0.6 is 0 Å². The van der Waals surface area contributed by atoms with Crippen molar-refractivity contribution < 1.29 is 19.1 Å². The first-order valence-electron chi connectivity index (χ1n) is 5.29. The van der Waals surface area contributed by atoms with Gasteiger partial charge in [0.1, 0.15) is 0 Å². The molecule has 0 spiro atoms. The Morgan fingerprint density at radius 2 is 1.41 bits per heavy atom. The fourth-order valence-electron chi connectivity index (χ4n) is 0.990. The lowest BCUT2D eigenvalue weighted by atomic mass is 10.1. The van der Waals surface area contributed by atoms with Crippen LogP contribution in [0, 0.1) is 29.6 Å². The molecule has 0 saturated carbocycles. The molecule has 0 heterocycles. The fraction of sp³-hybridized carbons (Fsp3) is 0.538. The molecule has 0 bridgehead atoms. The first-order valence-corrected chi connectivity index (χ1v) is 5.29. The largest absolute Gasteiger partial charge is 0.452 e. The maximum atomic E-state index is 11.5. The van der Waals surface area contributed by atoms with Crippen LogP contribution in [-0.2, 0) is 19.1 Å². The average molecular weight is 236 g/mol. The summed E-state index contributed by atoms with van der Waals surface area (Å²) in [7, 11) is 0. The van der Waals surface area contributed by atoms with E-state index in [1.54, 1.807) is 20.8 Å². The highest BCUT2D eigenvalue weighted by Gasteiger charge is 2.27. The summed E-state index contributed by atoms with van der Waals surface area (Å²) in [5.74, 6) is 8.23. The zero-order valence-electron chi connectivity index (χ0n) is 10.3. The summed E-state index contributed by atoms with van der Waals surface area (Å²) in [6, 6.07) is 0. The monoisotopic (exact) mass is 236 g/mol. The molecule has 0 aromatic rings. The molecule has 0 amide bonds. The van der Waals surface area contributed by atoms with E-state index < -0.39 is 17.9 Å². The van der Waals surface area contributed by atoms with Crippen molar-refractivity contribution in [3.05, 3.63) is 0 Å². The number of esters is 2. The van der Waals surface area contributed by atoms with Crippen LogP contribution < -0.4 is 0 Å². The third kappa shape index (κ3) is 6.27. The Hall–Kier alpha value is -1.94. The van der Waals surface area contributed by atoms with E-state index in [9.17, 15) is 9.59 Å². The van der Waals surface area contributed by atoms with E-state index in [1.165, 1.54) is 0 Å². The van der Waals surface area contributed by atoms with Crippen LogP contribution in [0.4, 0.5) is 0 Å². The van der Waals surface area contributed by atoms with Gasteiger partial charge in [-0.15, -0.1) is 11.8 Å². The number of carbonyl (C=O) groups excluding carboxylic acids is 2. The highest BCUT2D eigenvalue weighted by Crippen LogP contribution is 2.07. The second kappa shape index (κ2) is 9.30. The van der Waals surface area contributed by atoms with Crippen molar-refractivity contribution in [1.82, 2.24) is 0 Å². The number of hydrogen-bond acceptors (Lipinski definition) is 4. The van der Waals surface area contributed by atoms with Gasteiger partial charge in [0.15, 0.2) is 19.1 Å². The van der Waals surface area contributed by atoms with Crippen molar-refractivity contribution in [2.75, 3.05) is 13.2 Å². The van der Waals surface area contributed by atoms with Gasteiger partial charge in [-0.3, -0.25) is 9.59 Å². The molecular weight excluding hydrogens is 220 g/mol. The molecule has 0 aromatic heterocycles. The second-order valence-electron chi connectivity index (χ2n) is 3.03. The van der Waals surface area contributed by atoms with Gasteiger partial charge in [0, 0.05) is 0 Å². The van der Waals surface area contributed by atoms with Crippen molar-refractivity contribution in [3.63, 3.8) is 0 Å². The molecule has 0 N–H and O–H groups in total. The van der Waals surface area contributed by atoms with E-state index >= 15 is 0 Å². The third-order valence-electron chi connectivity index (χ3n) is 1.90. The summed E-state index contributed by atoms with van der Waals surface area (Å²) < 4.78 is 9.63. The van der Waals surface area contributed by atoms with Crippen molar-refractivity contribution in [2.24, 2.45) is 5.92 Å². The molecule has 4 heteroatoms. The van der Waals surface area contributed by atoms with Crippen molar-refractivity contribution in [2.45, 2.75) is 27.2 Å². The second-order valence-corrected chi connectivity index (χ2v) is 3.03. The Balaban J connectivity index is 4.25. The van der Waals surface area contributed by atoms with Gasteiger partial charge in [0.05, 0.1) is 0 Å². The fourth-order valence-corrected chi connectivity index (χ4v) is 0.990. The molecular formula is C13H16O4. The molecule has 0 aliphatic carbocycles. The minimum Gasteiger partial charge on any atom is -0.452 e. The average Bonchev–Trinajstić information content (AvgIpc) is 2.30. The topological polar surface area (TPSA) is 52.6 Å². The lowest BCUT2D eigenvalue weighted by Crippen LogP contribution is -2.27. The minimum atomic E-state index is -0.896. The predicted octanol–water partition coefficient (Wildman–Crippen LogP) is 1.15. The van der Waals surface area contributed by atoms with Crippen LogP contribution in [0.25, 0.3) is 0 Å². The van der Waals surface area contributed by atoms with E-state index in [0.717, 1.165) is 0 Å². The molecule has 0 radical (unpaired) electrons. The van der Waals surface area contributed by atoms with Gasteiger partial charge < -0.3 is 9.47 Å². The summed E-state index contributed by atoms with van der Waals surface area (Å²) in [6.45, 7) is 4.98. The Bertz CT molecular complexity index is 340. The molecule has 0 fully saturated rings. The maximum Gasteiger partial charge on any atom is 0.321 e. The molecule has 0 aromatic carbocycles. The van der Waals surface area contributed by atoms with Crippen molar-refractivity contribution >= 4 is 11.9 Å². The molecule has 0 aliphatic rings. The SMILES string of the molecule is CC#CCOC(=O)C(CC)C(=O)OCC#CC. The highest BCUT2D eigenvalue weighted by molar-refractivity contribution is 5.94. The van der Waals surface area contributed by atoms with Gasteiger partial charge in [-0.2, -0.15) is 0 Å². The minimum absolute atomic E-state index is 0.00607. The Morgan fingerprint density at radius 3 is 1.71 bits per heavy atom. The van der Waals surface area contributed by atoms with E-state index in [0.29, 0.717) is 6.42 Å². The molecule has 0 aliphatic heterocycles. The van der Waals surface area contributed by atoms with Gasteiger partial charge in [0.25, 0.3) is 0 Å². The molecule has 0 atom stereocenters. The molecule has 92 valence electrons. The summed E-state index contributed by atoms with van der Waals surface area (Å²) >= 11 is 0. The van der Waals surface area contributed by atoms with Crippen LogP contribution in [-0.4, -0.2) is 25.2 Å². The molecule has 0 rings (SSSR count). The molecule has 17 heavy (non-hydrogen) atoms. The normalized spacial score (nSPS) is 8.47. The van der Waals surface area contributed by atoms with E-state index in [1.807, 2.05) is 0 Å². The van der Waals surface area contributed by atoms with Crippen molar-refractivity contribution in [1.29, 1.82) is 0 Å². The lowest BCUT2D eigenvalue weighted by molar-refractivity contribution is -0.160. The summed E-state index contributed by atoms with van der Waals surface area (Å²) in [4.78, 5) is 23.0. The van der Waals surface area contributed by atoms with E-state index in [-0.39, 0.29) is 13.2 Å².